The van der Waals surface area contributed by atoms with Crippen molar-refractivity contribution in [3.63, 3.8) is 0 Å². The number of ether oxygens (including phenoxy) is 1. The van der Waals surface area contributed by atoms with Crippen molar-refractivity contribution in [2.45, 2.75) is 31.1 Å². The predicted molar refractivity (Wildman–Crippen MR) is 59.2 cm³/mol. The summed E-state index contributed by atoms with van der Waals surface area (Å²) in [6, 6.07) is 3.55. The highest BCUT2D eigenvalue weighted by Crippen LogP contribution is 2.46. The maximum Gasteiger partial charge on any atom is 0.373 e. The molecule has 1 heterocycles. The van der Waals surface area contributed by atoms with Crippen molar-refractivity contribution in [1.29, 1.82) is 0 Å². The second kappa shape index (κ2) is 4.29. The van der Waals surface area contributed by atoms with Crippen LogP contribution in [-0.2, 0) is 10.2 Å². The van der Waals surface area contributed by atoms with Crippen molar-refractivity contribution in [2.75, 3.05) is 13.7 Å². The normalized spacial score (nSPS) is 17.9. The van der Waals surface area contributed by atoms with E-state index in [0.717, 1.165) is 25.0 Å². The third-order valence-corrected chi connectivity index (χ3v) is 3.45. The summed E-state index contributed by atoms with van der Waals surface area (Å²) in [6.07, 6.45) is 4.31. The van der Waals surface area contributed by atoms with Crippen molar-refractivity contribution >= 4 is 5.97 Å². The molecule has 1 aromatic heterocycles. The fourth-order valence-corrected chi connectivity index (χ4v) is 2.33. The van der Waals surface area contributed by atoms with Gasteiger partial charge in [-0.1, -0.05) is 6.42 Å². The maximum atomic E-state index is 11.3. The maximum absolute atomic E-state index is 11.3. The quantitative estimate of drug-likeness (QED) is 0.791. The van der Waals surface area contributed by atoms with Gasteiger partial charge in [-0.15, -0.1) is 0 Å². The number of hydrogen-bond donors (Lipinski definition) is 1. The molecule has 1 aliphatic carbocycles. The van der Waals surface area contributed by atoms with E-state index in [4.69, 9.17) is 10.2 Å². The van der Waals surface area contributed by atoms with Crippen molar-refractivity contribution < 1.29 is 13.9 Å². The van der Waals surface area contributed by atoms with Gasteiger partial charge in [0.15, 0.2) is 0 Å². The summed E-state index contributed by atoms with van der Waals surface area (Å²) in [5.74, 6) is 0.735. The standard InChI is InChI=1S/C12H17NO3/c1-15-11(14)9-3-4-10(16-9)12(7-8-13)5-2-6-12/h3-4H,2,5-8,13H2,1H3. The minimum absolute atomic E-state index is 0.0705. The van der Waals surface area contributed by atoms with Crippen LogP contribution in [0.1, 0.15) is 42.0 Å². The first-order valence-electron chi connectivity index (χ1n) is 5.60. The third-order valence-electron chi connectivity index (χ3n) is 3.45. The smallest absolute Gasteiger partial charge is 0.373 e. The number of esters is 1. The minimum atomic E-state index is -0.423. The fourth-order valence-electron chi connectivity index (χ4n) is 2.33. The zero-order valence-corrected chi connectivity index (χ0v) is 9.49. The molecule has 16 heavy (non-hydrogen) atoms. The number of hydrogen-bond acceptors (Lipinski definition) is 4. The summed E-state index contributed by atoms with van der Waals surface area (Å²) in [6.45, 7) is 0.647. The van der Waals surface area contributed by atoms with Gasteiger partial charge < -0.3 is 14.9 Å². The molecule has 0 atom stereocenters. The van der Waals surface area contributed by atoms with E-state index in [0.29, 0.717) is 6.54 Å². The lowest BCUT2D eigenvalue weighted by atomic mass is 9.65. The molecule has 0 aliphatic heterocycles. The van der Waals surface area contributed by atoms with Gasteiger partial charge >= 0.3 is 5.97 Å². The van der Waals surface area contributed by atoms with Gasteiger partial charge in [0.25, 0.3) is 0 Å². The van der Waals surface area contributed by atoms with Gasteiger partial charge in [-0.3, -0.25) is 0 Å². The van der Waals surface area contributed by atoms with Crippen molar-refractivity contribution in [3.05, 3.63) is 23.7 Å². The van der Waals surface area contributed by atoms with Crippen LogP contribution in [0.4, 0.5) is 0 Å². The molecule has 1 aromatic rings. The predicted octanol–water partition coefficient (Wildman–Crippen LogP) is 1.84. The molecule has 0 saturated heterocycles. The lowest BCUT2D eigenvalue weighted by Gasteiger charge is -2.39. The van der Waals surface area contributed by atoms with Gasteiger partial charge in [-0.05, 0) is 37.9 Å². The molecule has 2 rings (SSSR count). The zero-order valence-electron chi connectivity index (χ0n) is 9.49. The fraction of sp³-hybridized carbons (Fsp3) is 0.583. The van der Waals surface area contributed by atoms with Crippen LogP contribution in [0.15, 0.2) is 16.5 Å². The van der Waals surface area contributed by atoms with Crippen LogP contribution < -0.4 is 5.73 Å². The Balaban J connectivity index is 2.20. The topological polar surface area (TPSA) is 65.5 Å². The molecule has 2 N–H and O–H groups in total. The first-order valence-corrected chi connectivity index (χ1v) is 5.60. The largest absolute Gasteiger partial charge is 0.463 e. The van der Waals surface area contributed by atoms with Crippen LogP contribution in [0.2, 0.25) is 0 Å². The molecule has 4 nitrogen and oxygen atoms in total. The first-order chi connectivity index (χ1) is 7.72. The molecule has 88 valence electrons. The molecule has 4 heteroatoms. The molecule has 0 spiro atoms. The van der Waals surface area contributed by atoms with Crippen molar-refractivity contribution in [2.24, 2.45) is 5.73 Å². The van der Waals surface area contributed by atoms with Gasteiger partial charge in [0.05, 0.1) is 7.11 Å². The van der Waals surface area contributed by atoms with E-state index < -0.39 is 5.97 Å². The third kappa shape index (κ3) is 1.73. The highest BCUT2D eigenvalue weighted by Gasteiger charge is 2.40. The molecule has 1 fully saturated rings. The van der Waals surface area contributed by atoms with Crippen LogP contribution in [0.5, 0.6) is 0 Å². The molecule has 0 radical (unpaired) electrons. The Kier molecular flexibility index (Phi) is 3.01. The number of nitrogens with two attached hydrogens (primary N) is 1. The molecule has 0 unspecified atom stereocenters. The summed E-state index contributed by atoms with van der Waals surface area (Å²) >= 11 is 0. The monoisotopic (exact) mass is 223 g/mol. The van der Waals surface area contributed by atoms with E-state index in [1.54, 1.807) is 6.07 Å². The van der Waals surface area contributed by atoms with Crippen molar-refractivity contribution in [1.82, 2.24) is 0 Å². The van der Waals surface area contributed by atoms with E-state index in [9.17, 15) is 4.79 Å². The Morgan fingerprint density at radius 3 is 2.81 bits per heavy atom. The Morgan fingerprint density at radius 2 is 2.31 bits per heavy atom. The zero-order chi connectivity index (χ0) is 11.6. The first kappa shape index (κ1) is 11.2. The number of rotatable bonds is 4. The Bertz CT molecular complexity index is 379. The number of carbonyl (C=O) groups is 1. The lowest BCUT2D eigenvalue weighted by molar-refractivity contribution is 0.0555. The Morgan fingerprint density at radius 1 is 1.56 bits per heavy atom. The molecule has 0 amide bonds. The van der Waals surface area contributed by atoms with Crippen LogP contribution >= 0.6 is 0 Å². The summed E-state index contributed by atoms with van der Waals surface area (Å²) in [5.41, 5.74) is 5.69. The van der Waals surface area contributed by atoms with Gasteiger partial charge in [0.2, 0.25) is 5.76 Å². The van der Waals surface area contributed by atoms with E-state index in [1.165, 1.54) is 13.5 Å². The molecule has 1 saturated carbocycles. The van der Waals surface area contributed by atoms with Crippen LogP contribution in [0.3, 0.4) is 0 Å². The summed E-state index contributed by atoms with van der Waals surface area (Å²) in [5, 5.41) is 0. The van der Waals surface area contributed by atoms with E-state index >= 15 is 0 Å². The van der Waals surface area contributed by atoms with Crippen LogP contribution in [-0.4, -0.2) is 19.6 Å². The van der Waals surface area contributed by atoms with E-state index in [2.05, 4.69) is 4.74 Å². The number of carbonyl (C=O) groups excluding carboxylic acids is 1. The highest BCUT2D eigenvalue weighted by molar-refractivity contribution is 5.86. The molecule has 0 bridgehead atoms. The Hall–Kier alpha value is -1.29. The van der Waals surface area contributed by atoms with Gasteiger partial charge in [-0.2, -0.15) is 0 Å². The molecule has 0 aromatic carbocycles. The second-order valence-corrected chi connectivity index (χ2v) is 4.33. The molecular formula is C12H17NO3. The van der Waals surface area contributed by atoms with Gasteiger partial charge in [0.1, 0.15) is 5.76 Å². The molecule has 1 aliphatic rings. The van der Waals surface area contributed by atoms with Crippen molar-refractivity contribution in [3.8, 4) is 0 Å². The van der Waals surface area contributed by atoms with E-state index in [-0.39, 0.29) is 11.2 Å². The SMILES string of the molecule is COC(=O)c1ccc(C2(CCN)CCC2)o1. The van der Waals surface area contributed by atoms with Gasteiger partial charge in [-0.25, -0.2) is 4.79 Å². The van der Waals surface area contributed by atoms with Gasteiger partial charge in [0, 0.05) is 5.41 Å². The summed E-state index contributed by atoms with van der Waals surface area (Å²) in [7, 11) is 1.35. The lowest BCUT2D eigenvalue weighted by Crippen LogP contribution is -2.35. The highest BCUT2D eigenvalue weighted by atomic mass is 16.5. The second-order valence-electron chi connectivity index (χ2n) is 4.33. The van der Waals surface area contributed by atoms with E-state index in [1.807, 2.05) is 6.07 Å². The summed E-state index contributed by atoms with van der Waals surface area (Å²) in [4.78, 5) is 11.3. The number of methoxy groups -OCH3 is 1. The average molecular weight is 223 g/mol. The molecular weight excluding hydrogens is 206 g/mol. The minimum Gasteiger partial charge on any atom is -0.463 e. The summed E-state index contributed by atoms with van der Waals surface area (Å²) < 4.78 is 10.2. The van der Waals surface area contributed by atoms with Crippen LogP contribution in [0, 0.1) is 0 Å². The average Bonchev–Trinajstić information content (AvgIpc) is 2.71. The number of furan rings is 1. The Labute approximate surface area is 94.8 Å². The van der Waals surface area contributed by atoms with Crippen LogP contribution in [0.25, 0.3) is 0 Å².